The molecule has 0 aliphatic carbocycles. The number of piperazine rings is 1. The maximum absolute atomic E-state index is 12.7. The van der Waals surface area contributed by atoms with Crippen LogP contribution in [0.15, 0.2) is 35.1 Å². The summed E-state index contributed by atoms with van der Waals surface area (Å²) in [5.41, 5.74) is 1.58. The second kappa shape index (κ2) is 6.97. The van der Waals surface area contributed by atoms with Crippen molar-refractivity contribution in [3.05, 3.63) is 63.3 Å². The van der Waals surface area contributed by atoms with E-state index in [0.29, 0.717) is 24.6 Å². The van der Waals surface area contributed by atoms with Crippen LogP contribution in [0.3, 0.4) is 0 Å². The molecule has 6 nitrogen and oxygen atoms in total. The highest BCUT2D eigenvalue weighted by molar-refractivity contribution is 5.94. The second-order valence-corrected chi connectivity index (χ2v) is 6.17. The number of nitrogens with zero attached hydrogens (tertiary/aromatic N) is 3. The summed E-state index contributed by atoms with van der Waals surface area (Å²) in [6.45, 7) is 7.16. The minimum atomic E-state index is -0.350. The molecule has 1 aromatic heterocycles. The molecule has 1 aliphatic heterocycles. The number of benzene rings is 1. The molecule has 2 heterocycles. The van der Waals surface area contributed by atoms with Gasteiger partial charge in [-0.25, -0.2) is 4.98 Å². The zero-order valence-electron chi connectivity index (χ0n) is 14.1. The van der Waals surface area contributed by atoms with Gasteiger partial charge in [0.1, 0.15) is 11.4 Å². The predicted octanol–water partition coefficient (Wildman–Crippen LogP) is 1.34. The summed E-state index contributed by atoms with van der Waals surface area (Å²) < 4.78 is 0. The minimum absolute atomic E-state index is 0.164. The van der Waals surface area contributed by atoms with Gasteiger partial charge in [0.25, 0.3) is 11.5 Å². The van der Waals surface area contributed by atoms with E-state index in [1.165, 1.54) is 5.56 Å². The van der Waals surface area contributed by atoms with Gasteiger partial charge in [-0.2, -0.15) is 0 Å². The third-order valence-corrected chi connectivity index (χ3v) is 4.34. The Hall–Kier alpha value is -2.47. The Balaban J connectivity index is 1.65. The Bertz CT molecular complexity index is 777. The van der Waals surface area contributed by atoms with E-state index in [1.54, 1.807) is 18.7 Å². The molecule has 0 saturated carbocycles. The lowest BCUT2D eigenvalue weighted by Crippen LogP contribution is -2.49. The van der Waals surface area contributed by atoms with Gasteiger partial charge in [0, 0.05) is 32.7 Å². The largest absolute Gasteiger partial charge is 0.336 e. The van der Waals surface area contributed by atoms with Gasteiger partial charge in [0.2, 0.25) is 0 Å². The number of hydrogen-bond acceptors (Lipinski definition) is 4. The van der Waals surface area contributed by atoms with E-state index in [0.717, 1.165) is 19.6 Å². The number of rotatable bonds is 3. The molecule has 6 heteroatoms. The number of hydrogen-bond donors (Lipinski definition) is 1. The number of carbonyl (C=O) groups excluding carboxylic acids is 1. The molecular formula is C18H22N4O2. The van der Waals surface area contributed by atoms with E-state index < -0.39 is 0 Å². The van der Waals surface area contributed by atoms with Crippen molar-refractivity contribution in [1.29, 1.82) is 0 Å². The van der Waals surface area contributed by atoms with Crippen LogP contribution in [-0.4, -0.2) is 51.9 Å². The number of aromatic amines is 1. The molecule has 0 bridgehead atoms. The zero-order valence-corrected chi connectivity index (χ0v) is 14.1. The lowest BCUT2D eigenvalue weighted by Gasteiger charge is -2.34. The molecule has 2 aromatic rings. The summed E-state index contributed by atoms with van der Waals surface area (Å²) in [5, 5.41) is 0. The molecule has 3 rings (SSSR count). The molecule has 1 aromatic carbocycles. The summed E-state index contributed by atoms with van der Waals surface area (Å²) >= 11 is 0. The maximum atomic E-state index is 12.7. The van der Waals surface area contributed by atoms with Crippen LogP contribution in [0.2, 0.25) is 0 Å². The topological polar surface area (TPSA) is 69.3 Å². The number of H-pyrrole nitrogens is 1. The summed E-state index contributed by atoms with van der Waals surface area (Å²) in [6, 6.07) is 10.3. The monoisotopic (exact) mass is 326 g/mol. The van der Waals surface area contributed by atoms with E-state index in [2.05, 4.69) is 27.0 Å². The quantitative estimate of drug-likeness (QED) is 0.924. The van der Waals surface area contributed by atoms with Gasteiger partial charge in [0.15, 0.2) is 0 Å². The highest BCUT2D eigenvalue weighted by Gasteiger charge is 2.25. The van der Waals surface area contributed by atoms with Crippen LogP contribution < -0.4 is 5.56 Å². The average Bonchev–Trinajstić information content (AvgIpc) is 2.55. The van der Waals surface area contributed by atoms with Crippen LogP contribution in [0, 0.1) is 13.8 Å². The van der Waals surface area contributed by atoms with Crippen molar-refractivity contribution in [3.63, 3.8) is 0 Å². The van der Waals surface area contributed by atoms with Crippen LogP contribution in [-0.2, 0) is 6.54 Å². The number of carbonyl (C=O) groups is 1. The van der Waals surface area contributed by atoms with Gasteiger partial charge in [0.05, 0.1) is 5.69 Å². The molecule has 0 unspecified atom stereocenters. The molecular weight excluding hydrogens is 304 g/mol. The Labute approximate surface area is 141 Å². The molecule has 0 radical (unpaired) electrons. The molecule has 126 valence electrons. The van der Waals surface area contributed by atoms with Crippen LogP contribution in [0.5, 0.6) is 0 Å². The fourth-order valence-corrected chi connectivity index (χ4v) is 3.09. The predicted molar refractivity (Wildman–Crippen MR) is 92.0 cm³/mol. The lowest BCUT2D eigenvalue weighted by molar-refractivity contribution is 0.0625. The van der Waals surface area contributed by atoms with E-state index in [9.17, 15) is 9.59 Å². The van der Waals surface area contributed by atoms with Crippen molar-refractivity contribution < 1.29 is 4.79 Å². The van der Waals surface area contributed by atoms with Crippen LogP contribution in [0.1, 0.15) is 27.4 Å². The van der Waals surface area contributed by atoms with Crippen molar-refractivity contribution in [2.75, 3.05) is 26.2 Å². The van der Waals surface area contributed by atoms with Gasteiger partial charge >= 0.3 is 0 Å². The molecule has 1 saturated heterocycles. The van der Waals surface area contributed by atoms with E-state index in [-0.39, 0.29) is 17.0 Å². The molecule has 1 fully saturated rings. The van der Waals surface area contributed by atoms with E-state index in [1.807, 2.05) is 18.2 Å². The van der Waals surface area contributed by atoms with E-state index >= 15 is 0 Å². The van der Waals surface area contributed by atoms with Crippen molar-refractivity contribution in [1.82, 2.24) is 19.8 Å². The lowest BCUT2D eigenvalue weighted by atomic mass is 10.1. The van der Waals surface area contributed by atoms with Gasteiger partial charge in [-0.3, -0.25) is 14.5 Å². The fourth-order valence-electron chi connectivity index (χ4n) is 3.09. The molecule has 0 atom stereocenters. The third kappa shape index (κ3) is 3.54. The fraction of sp³-hybridized carbons (Fsp3) is 0.389. The van der Waals surface area contributed by atoms with Crippen molar-refractivity contribution in [3.8, 4) is 0 Å². The van der Waals surface area contributed by atoms with Gasteiger partial charge < -0.3 is 9.88 Å². The normalized spacial score (nSPS) is 15.5. The van der Waals surface area contributed by atoms with E-state index in [4.69, 9.17) is 0 Å². The zero-order chi connectivity index (χ0) is 17.1. The summed E-state index contributed by atoms with van der Waals surface area (Å²) in [4.78, 5) is 35.7. The summed E-state index contributed by atoms with van der Waals surface area (Å²) in [5.74, 6) is 0.308. The Morgan fingerprint density at radius 1 is 1.12 bits per heavy atom. The summed E-state index contributed by atoms with van der Waals surface area (Å²) in [6.07, 6.45) is 0. The molecule has 0 spiro atoms. The smallest absolute Gasteiger partial charge is 0.264 e. The first kappa shape index (κ1) is 16.4. The minimum Gasteiger partial charge on any atom is -0.336 e. The number of amides is 1. The first-order valence-electron chi connectivity index (χ1n) is 8.17. The molecule has 1 aliphatic rings. The number of nitrogens with one attached hydrogen (secondary N) is 1. The first-order chi connectivity index (χ1) is 11.5. The Morgan fingerprint density at radius 3 is 2.42 bits per heavy atom. The molecule has 24 heavy (non-hydrogen) atoms. The molecule has 1 amide bonds. The number of aromatic nitrogens is 2. The maximum Gasteiger partial charge on any atom is 0.264 e. The Morgan fingerprint density at radius 2 is 1.79 bits per heavy atom. The summed E-state index contributed by atoms with van der Waals surface area (Å²) in [7, 11) is 0. The Kier molecular flexibility index (Phi) is 4.76. The van der Waals surface area contributed by atoms with Crippen LogP contribution >= 0.6 is 0 Å². The van der Waals surface area contributed by atoms with Crippen LogP contribution in [0.25, 0.3) is 0 Å². The molecule has 1 N–H and O–H groups in total. The van der Waals surface area contributed by atoms with Gasteiger partial charge in [-0.1, -0.05) is 30.3 Å². The average molecular weight is 326 g/mol. The van der Waals surface area contributed by atoms with Crippen LogP contribution in [0.4, 0.5) is 0 Å². The highest BCUT2D eigenvalue weighted by atomic mass is 16.2. The SMILES string of the molecule is Cc1nc(C)c(C(=O)N2CCN(Cc3ccccc3)CC2)c(=O)[nH]1. The highest BCUT2D eigenvalue weighted by Crippen LogP contribution is 2.11. The first-order valence-corrected chi connectivity index (χ1v) is 8.17. The van der Waals surface area contributed by atoms with Gasteiger partial charge in [-0.05, 0) is 19.4 Å². The van der Waals surface area contributed by atoms with Crippen molar-refractivity contribution in [2.24, 2.45) is 0 Å². The van der Waals surface area contributed by atoms with Crippen molar-refractivity contribution >= 4 is 5.91 Å². The standard InChI is InChI=1S/C18H22N4O2/c1-13-16(17(23)20-14(2)19-13)18(24)22-10-8-21(9-11-22)12-15-6-4-3-5-7-15/h3-7H,8-12H2,1-2H3,(H,19,20,23). The third-order valence-electron chi connectivity index (χ3n) is 4.34. The van der Waals surface area contributed by atoms with Gasteiger partial charge in [-0.15, -0.1) is 0 Å². The van der Waals surface area contributed by atoms with Crippen molar-refractivity contribution in [2.45, 2.75) is 20.4 Å². The number of aryl methyl sites for hydroxylation is 2. The second-order valence-electron chi connectivity index (χ2n) is 6.17.